The van der Waals surface area contributed by atoms with Gasteiger partial charge >= 0.3 is 0 Å². The first-order valence-electron chi connectivity index (χ1n) is 13.1. The number of benzene rings is 1. The van der Waals surface area contributed by atoms with E-state index in [1.165, 1.54) is 18.5 Å². The molecule has 0 radical (unpaired) electrons. The first kappa shape index (κ1) is 27.9. The van der Waals surface area contributed by atoms with Gasteiger partial charge in [-0.3, -0.25) is 14.6 Å². The van der Waals surface area contributed by atoms with Crippen LogP contribution in [0.4, 0.5) is 15.9 Å². The summed E-state index contributed by atoms with van der Waals surface area (Å²) in [6, 6.07) is 4.48. The molecule has 4 heterocycles. The summed E-state index contributed by atoms with van der Waals surface area (Å²) in [5, 5.41) is 13.0. The Morgan fingerprint density at radius 2 is 2.00 bits per heavy atom. The van der Waals surface area contributed by atoms with Crippen molar-refractivity contribution in [3.05, 3.63) is 58.0 Å². The fraction of sp³-hybridized carbons (Fsp3) is 0.444. The van der Waals surface area contributed by atoms with E-state index in [-0.39, 0.29) is 17.5 Å². The molecular weight excluding hydrogens is 543 g/mol. The van der Waals surface area contributed by atoms with Crippen LogP contribution in [0.15, 0.2) is 36.7 Å². The third-order valence-corrected chi connectivity index (χ3v) is 8.42. The first-order valence-corrected chi connectivity index (χ1v) is 14.3. The number of anilines is 2. The lowest BCUT2D eigenvalue weighted by molar-refractivity contribution is -0.126. The molecule has 39 heavy (non-hydrogen) atoms. The topological polar surface area (TPSA) is 94.1 Å². The van der Waals surface area contributed by atoms with Crippen molar-refractivity contribution in [3.8, 4) is 0 Å². The Morgan fingerprint density at radius 1 is 1.18 bits per heavy atom. The summed E-state index contributed by atoms with van der Waals surface area (Å²) in [7, 11) is 0. The molecule has 5 rings (SSSR count). The van der Waals surface area contributed by atoms with E-state index in [9.17, 15) is 9.18 Å². The Bertz CT molecular complexity index is 1330. The van der Waals surface area contributed by atoms with Crippen molar-refractivity contribution in [3.63, 3.8) is 0 Å². The quantitative estimate of drug-likeness (QED) is 0.281. The third kappa shape index (κ3) is 6.92. The summed E-state index contributed by atoms with van der Waals surface area (Å²) < 4.78 is 18.9. The van der Waals surface area contributed by atoms with Gasteiger partial charge in [0.2, 0.25) is 5.91 Å². The Labute approximate surface area is 235 Å². The molecule has 2 aliphatic heterocycles. The third-order valence-electron chi connectivity index (χ3n) is 7.01. The summed E-state index contributed by atoms with van der Waals surface area (Å²) in [6.45, 7) is 7.72. The van der Waals surface area contributed by atoms with Crippen LogP contribution in [0.2, 0.25) is 5.02 Å². The van der Waals surface area contributed by atoms with Crippen LogP contribution in [0.5, 0.6) is 0 Å². The summed E-state index contributed by atoms with van der Waals surface area (Å²) in [5.41, 5.74) is 1.80. The van der Waals surface area contributed by atoms with Crippen molar-refractivity contribution in [1.29, 1.82) is 0 Å². The lowest BCUT2D eigenvalue weighted by atomic mass is 10.0. The number of halogens is 2. The number of aliphatic hydroxyl groups is 1. The lowest BCUT2D eigenvalue weighted by Gasteiger charge is -2.34. The molecule has 0 unspecified atom stereocenters. The number of fused-ring (bicyclic) bond motifs is 3. The van der Waals surface area contributed by atoms with E-state index < -0.39 is 5.82 Å². The van der Waals surface area contributed by atoms with Crippen LogP contribution >= 0.6 is 22.9 Å². The zero-order valence-corrected chi connectivity index (χ0v) is 23.2. The second kappa shape index (κ2) is 13.1. The maximum atomic E-state index is 13.6. The molecular formula is C27H32ClFN6O3S. The van der Waals surface area contributed by atoms with Gasteiger partial charge in [-0.25, -0.2) is 14.4 Å². The van der Waals surface area contributed by atoms with Crippen molar-refractivity contribution < 1.29 is 19.0 Å². The van der Waals surface area contributed by atoms with Crippen molar-refractivity contribution in [2.24, 2.45) is 0 Å². The van der Waals surface area contributed by atoms with Crippen LogP contribution in [0.25, 0.3) is 10.2 Å². The Hall–Kier alpha value is -2.67. The highest BCUT2D eigenvalue weighted by Gasteiger charge is 2.26. The van der Waals surface area contributed by atoms with Crippen molar-refractivity contribution >= 4 is 50.6 Å². The smallest absolute Gasteiger partial charge is 0.246 e. The molecule has 1 saturated heterocycles. The zero-order valence-electron chi connectivity index (χ0n) is 21.6. The van der Waals surface area contributed by atoms with Crippen LogP contribution in [0, 0.1) is 5.82 Å². The van der Waals surface area contributed by atoms with Gasteiger partial charge in [0, 0.05) is 62.5 Å². The number of piperazine rings is 1. The van der Waals surface area contributed by atoms with E-state index >= 15 is 0 Å². The molecule has 2 N–H and O–H groups in total. The second-order valence-electron chi connectivity index (χ2n) is 9.55. The fourth-order valence-electron chi connectivity index (χ4n) is 4.89. The summed E-state index contributed by atoms with van der Waals surface area (Å²) in [5.74, 6) is 0.196. The number of hydrogen-bond donors (Lipinski definition) is 2. The largest absolute Gasteiger partial charge is 0.394 e. The number of amides is 1. The number of carbonyl (C=O) groups is 1. The van der Waals surface area contributed by atoms with Gasteiger partial charge in [-0.15, -0.1) is 11.3 Å². The minimum absolute atomic E-state index is 0.0168. The number of hydrogen-bond acceptors (Lipinski definition) is 9. The highest BCUT2D eigenvalue weighted by Crippen LogP contribution is 2.38. The molecule has 12 heteroatoms. The van der Waals surface area contributed by atoms with Gasteiger partial charge in [0.15, 0.2) is 0 Å². The van der Waals surface area contributed by atoms with Gasteiger partial charge in [-0.05, 0) is 30.2 Å². The van der Waals surface area contributed by atoms with Crippen molar-refractivity contribution in [2.75, 3.05) is 71.0 Å². The van der Waals surface area contributed by atoms with Gasteiger partial charge in [0.05, 0.1) is 36.8 Å². The van der Waals surface area contributed by atoms with Crippen LogP contribution < -0.4 is 5.32 Å². The first-order chi connectivity index (χ1) is 19.0. The van der Waals surface area contributed by atoms with E-state index in [4.69, 9.17) is 21.4 Å². The minimum Gasteiger partial charge on any atom is -0.394 e. The number of ether oxygens (including phenoxy) is 1. The van der Waals surface area contributed by atoms with Crippen molar-refractivity contribution in [2.45, 2.75) is 13.0 Å². The van der Waals surface area contributed by atoms with Crippen LogP contribution in [-0.2, 0) is 22.5 Å². The molecule has 9 nitrogen and oxygen atoms in total. The average molecular weight is 575 g/mol. The van der Waals surface area contributed by atoms with Gasteiger partial charge in [-0.1, -0.05) is 17.7 Å². The SMILES string of the molecule is O=C(/C=C/CN1CCN(CCOCCO)CC1)N1CCc2c(sc3ncnc(Nc4ccc(F)c(Cl)c4)c23)C1. The number of rotatable bonds is 10. The Morgan fingerprint density at radius 3 is 2.79 bits per heavy atom. The average Bonchev–Trinajstić information content (AvgIpc) is 3.33. The number of aliphatic hydroxyl groups excluding tert-OH is 1. The summed E-state index contributed by atoms with van der Waals surface area (Å²) in [6.07, 6.45) is 5.88. The van der Waals surface area contributed by atoms with Crippen molar-refractivity contribution in [1.82, 2.24) is 24.7 Å². The molecule has 208 valence electrons. The van der Waals surface area contributed by atoms with E-state index in [1.54, 1.807) is 23.5 Å². The van der Waals surface area contributed by atoms with E-state index in [2.05, 4.69) is 25.1 Å². The van der Waals surface area contributed by atoms with E-state index in [1.807, 2.05) is 11.0 Å². The van der Waals surface area contributed by atoms with Gasteiger partial charge < -0.3 is 20.1 Å². The zero-order chi connectivity index (χ0) is 27.2. The Kier molecular flexibility index (Phi) is 9.38. The highest BCUT2D eigenvalue weighted by molar-refractivity contribution is 7.19. The van der Waals surface area contributed by atoms with E-state index in [0.29, 0.717) is 44.2 Å². The minimum atomic E-state index is -0.471. The van der Waals surface area contributed by atoms with Crippen LogP contribution in [0.3, 0.4) is 0 Å². The molecule has 0 bridgehead atoms. The molecule has 0 aliphatic carbocycles. The molecule has 1 fully saturated rings. The lowest BCUT2D eigenvalue weighted by Crippen LogP contribution is -2.47. The molecule has 0 saturated carbocycles. The van der Waals surface area contributed by atoms with E-state index in [0.717, 1.165) is 59.9 Å². The summed E-state index contributed by atoms with van der Waals surface area (Å²) in [4.78, 5) is 30.4. The van der Waals surface area contributed by atoms with Gasteiger partial charge in [0.1, 0.15) is 22.8 Å². The predicted octanol–water partition coefficient (Wildman–Crippen LogP) is 3.29. The second-order valence-corrected chi connectivity index (χ2v) is 11.0. The number of nitrogens with zero attached hydrogens (tertiary/aromatic N) is 5. The van der Waals surface area contributed by atoms with Crippen LogP contribution in [-0.4, -0.2) is 101 Å². The normalized spacial score (nSPS) is 16.7. The Balaban J connectivity index is 1.15. The summed E-state index contributed by atoms with van der Waals surface area (Å²) >= 11 is 7.52. The standard InChI is InChI=1S/C27H32ClFN6O3S/c28-21-16-19(3-4-22(21)29)32-26-25-20-5-7-35(17-23(20)39-27(25)31-18-30-26)24(37)2-1-6-33-8-10-34(11-9-33)12-14-38-15-13-36/h1-4,16,18,36H,5-15,17H2,(H,30,31,32)/b2-1+. The molecule has 3 aromatic rings. The molecule has 1 amide bonds. The van der Waals surface area contributed by atoms with Crippen LogP contribution in [0.1, 0.15) is 10.4 Å². The maximum Gasteiger partial charge on any atom is 0.246 e. The number of thiophene rings is 1. The molecule has 2 aromatic heterocycles. The van der Waals surface area contributed by atoms with Gasteiger partial charge in [0.25, 0.3) is 0 Å². The number of aromatic nitrogens is 2. The highest BCUT2D eigenvalue weighted by atomic mass is 35.5. The number of carbonyl (C=O) groups excluding carboxylic acids is 1. The molecule has 0 spiro atoms. The molecule has 2 aliphatic rings. The number of nitrogens with one attached hydrogen (secondary N) is 1. The predicted molar refractivity (Wildman–Crippen MR) is 151 cm³/mol. The maximum absolute atomic E-state index is 13.6. The fourth-order valence-corrected chi connectivity index (χ4v) is 6.27. The van der Waals surface area contributed by atoms with Gasteiger partial charge in [-0.2, -0.15) is 0 Å². The molecule has 0 atom stereocenters. The monoisotopic (exact) mass is 574 g/mol. The molecule has 1 aromatic carbocycles.